The number of hydrogen-bond donors (Lipinski definition) is 2. The van der Waals surface area contributed by atoms with Crippen LogP contribution in [-0.2, 0) is 16.5 Å². The zero-order chi connectivity index (χ0) is 27.2. The van der Waals surface area contributed by atoms with Gasteiger partial charge in [0, 0.05) is 45.0 Å². The van der Waals surface area contributed by atoms with E-state index < -0.39 is 0 Å². The number of fused-ring (bicyclic) bond motifs is 2. The molecular weight excluding hydrogens is 614 g/mol. The Morgan fingerprint density at radius 3 is 1.80 bits per heavy atom. The number of phenolic OH excluding ortho intramolecular Hbond substituents is 2. The minimum Gasteiger partial charge on any atom is -0.506 e. The summed E-state index contributed by atoms with van der Waals surface area (Å²) in [6.45, 7) is 0. The summed E-state index contributed by atoms with van der Waals surface area (Å²) in [6.07, 6.45) is 3.10. The second-order valence-electron chi connectivity index (χ2n) is 7.98. The molecule has 0 radical (unpaired) electrons. The molecule has 0 fully saturated rings. The van der Waals surface area contributed by atoms with Crippen LogP contribution >= 0.6 is 34.5 Å². The van der Waals surface area contributed by atoms with Crippen molar-refractivity contribution in [1.29, 1.82) is 0 Å². The Bertz CT molecular complexity index is 1830. The third-order valence-electron chi connectivity index (χ3n) is 5.45. The van der Waals surface area contributed by atoms with Crippen molar-refractivity contribution < 1.29 is 26.7 Å². The van der Waals surface area contributed by atoms with Gasteiger partial charge in [0.05, 0.1) is 10.0 Å². The molecule has 0 atom stereocenters. The first kappa shape index (κ1) is 29.0. The molecule has 0 aliphatic carbocycles. The molecule has 0 saturated carbocycles. The van der Waals surface area contributed by atoms with Crippen LogP contribution in [0.1, 0.15) is 0 Å². The molecule has 40 heavy (non-hydrogen) atoms. The standard InChI is InChI=1S/C15H9Cl2N3O.C13H9N3OS.Ni/c16-10-7-12(17)15(18-8-10)20-19-14-11-4-2-1-3-9(11)5-6-13(14)21;17-11-6-5-9-3-1-2-4-10(9)12(11)15-16-13-14-7-8-18-13;/h1-8,21H;1-8,17H;. The van der Waals surface area contributed by atoms with Crippen LogP contribution in [0.4, 0.5) is 22.3 Å². The summed E-state index contributed by atoms with van der Waals surface area (Å²) in [7, 11) is 0. The smallest absolute Gasteiger partial charge is 0.229 e. The van der Waals surface area contributed by atoms with Gasteiger partial charge < -0.3 is 10.2 Å². The molecule has 6 rings (SSSR count). The number of halogens is 2. The first-order chi connectivity index (χ1) is 19.0. The molecule has 8 nitrogen and oxygen atoms in total. The van der Waals surface area contributed by atoms with E-state index in [1.54, 1.807) is 18.3 Å². The van der Waals surface area contributed by atoms with Gasteiger partial charge >= 0.3 is 0 Å². The van der Waals surface area contributed by atoms with E-state index >= 15 is 0 Å². The van der Waals surface area contributed by atoms with Crippen LogP contribution in [0.5, 0.6) is 11.5 Å². The van der Waals surface area contributed by atoms with E-state index in [0.29, 0.717) is 26.6 Å². The number of rotatable bonds is 4. The summed E-state index contributed by atoms with van der Waals surface area (Å²) < 4.78 is 0. The van der Waals surface area contributed by atoms with Crippen molar-refractivity contribution in [2.75, 3.05) is 0 Å². The SMILES string of the molecule is Oc1ccc2ccccc2c1N=Nc1ncc(Cl)cc1Cl.Oc1ccc2ccccc2c1N=Nc1nccs1.[Ni]. The second kappa shape index (κ2) is 13.4. The Kier molecular flexibility index (Phi) is 9.74. The minimum atomic E-state index is 0. The maximum atomic E-state index is 9.97. The van der Waals surface area contributed by atoms with Crippen LogP contribution < -0.4 is 0 Å². The van der Waals surface area contributed by atoms with Crippen molar-refractivity contribution in [2.24, 2.45) is 20.5 Å². The molecule has 12 heteroatoms. The van der Waals surface area contributed by atoms with Gasteiger partial charge in [0.1, 0.15) is 22.9 Å². The molecular formula is C28H18Cl2N6NiO2S. The average Bonchev–Trinajstić information content (AvgIpc) is 3.47. The fraction of sp³-hybridized carbons (Fsp3) is 0. The van der Waals surface area contributed by atoms with Crippen molar-refractivity contribution in [1.82, 2.24) is 9.97 Å². The molecule has 202 valence electrons. The number of thiazole rings is 1. The van der Waals surface area contributed by atoms with Gasteiger partial charge in [-0.2, -0.15) is 0 Å². The molecule has 0 saturated heterocycles. The van der Waals surface area contributed by atoms with Crippen LogP contribution in [0, 0.1) is 0 Å². The molecule has 6 aromatic rings. The molecule has 4 aromatic carbocycles. The fourth-order valence-electron chi connectivity index (χ4n) is 3.63. The third kappa shape index (κ3) is 6.78. The van der Waals surface area contributed by atoms with E-state index in [9.17, 15) is 10.2 Å². The predicted octanol–water partition coefficient (Wildman–Crippen LogP) is 10.1. The molecule has 2 aromatic heterocycles. The summed E-state index contributed by atoms with van der Waals surface area (Å²) in [4.78, 5) is 8.01. The second-order valence-corrected chi connectivity index (χ2v) is 9.70. The first-order valence-electron chi connectivity index (χ1n) is 11.4. The molecule has 0 spiro atoms. The normalized spacial score (nSPS) is 11.1. The topological polar surface area (TPSA) is 116 Å². The number of aromatic hydroxyl groups is 2. The van der Waals surface area contributed by atoms with E-state index in [4.69, 9.17) is 23.2 Å². The van der Waals surface area contributed by atoms with E-state index in [1.165, 1.54) is 23.6 Å². The van der Waals surface area contributed by atoms with Crippen molar-refractivity contribution in [3.8, 4) is 11.5 Å². The number of pyridine rings is 1. The Hall–Kier alpha value is -3.95. The van der Waals surface area contributed by atoms with Crippen molar-refractivity contribution >= 4 is 78.4 Å². The van der Waals surface area contributed by atoms with Gasteiger partial charge in [-0.3, -0.25) is 0 Å². The number of phenols is 2. The van der Waals surface area contributed by atoms with Crippen LogP contribution in [-0.4, -0.2) is 20.2 Å². The molecule has 2 heterocycles. The van der Waals surface area contributed by atoms with Gasteiger partial charge in [0.15, 0.2) is 5.82 Å². The summed E-state index contributed by atoms with van der Waals surface area (Å²) in [5, 5.41) is 42.8. The Labute approximate surface area is 252 Å². The van der Waals surface area contributed by atoms with Crippen molar-refractivity contribution in [2.45, 2.75) is 0 Å². The third-order valence-corrected chi connectivity index (χ3v) is 6.59. The maximum absolute atomic E-state index is 9.97. The number of hydrogen-bond acceptors (Lipinski definition) is 9. The first-order valence-corrected chi connectivity index (χ1v) is 13.1. The van der Waals surface area contributed by atoms with Crippen LogP contribution in [0.2, 0.25) is 10.0 Å². The minimum absolute atomic E-state index is 0. The Morgan fingerprint density at radius 1 is 0.675 bits per heavy atom. The van der Waals surface area contributed by atoms with E-state index in [1.807, 2.05) is 66.0 Å². The summed E-state index contributed by atoms with van der Waals surface area (Å²) in [5.41, 5.74) is 0.851. The van der Waals surface area contributed by atoms with Gasteiger partial charge in [-0.05, 0) is 29.0 Å². The monoisotopic (exact) mass is 630 g/mol. The predicted molar refractivity (Wildman–Crippen MR) is 156 cm³/mol. The van der Waals surface area contributed by atoms with Gasteiger partial charge in [0.25, 0.3) is 0 Å². The van der Waals surface area contributed by atoms with Crippen LogP contribution in [0.25, 0.3) is 21.5 Å². The number of benzene rings is 4. The fourth-order valence-corrected chi connectivity index (χ4v) is 4.50. The average molecular weight is 632 g/mol. The van der Waals surface area contributed by atoms with Crippen molar-refractivity contribution in [3.63, 3.8) is 0 Å². The number of aromatic nitrogens is 2. The molecule has 2 N–H and O–H groups in total. The molecule has 0 amide bonds. The number of azo groups is 2. The summed E-state index contributed by atoms with van der Waals surface area (Å²) >= 11 is 13.2. The van der Waals surface area contributed by atoms with E-state index in [-0.39, 0.29) is 33.8 Å². The number of nitrogens with zero attached hydrogens (tertiary/aromatic N) is 6. The van der Waals surface area contributed by atoms with Gasteiger partial charge in [-0.1, -0.05) is 83.9 Å². The van der Waals surface area contributed by atoms with Gasteiger partial charge in [0.2, 0.25) is 5.13 Å². The Morgan fingerprint density at radius 2 is 1.25 bits per heavy atom. The van der Waals surface area contributed by atoms with Gasteiger partial charge in [-0.25, -0.2) is 9.97 Å². The van der Waals surface area contributed by atoms with Crippen molar-refractivity contribution in [3.05, 3.63) is 107 Å². The molecule has 0 aliphatic rings. The van der Waals surface area contributed by atoms with Gasteiger partial charge in [-0.15, -0.1) is 31.8 Å². The zero-order valence-electron chi connectivity index (χ0n) is 20.3. The summed E-state index contributed by atoms with van der Waals surface area (Å²) in [5.74, 6) is 0.407. The van der Waals surface area contributed by atoms with E-state index in [2.05, 4.69) is 30.4 Å². The quantitative estimate of drug-likeness (QED) is 0.149. The zero-order valence-corrected chi connectivity index (χ0v) is 23.6. The molecule has 0 bridgehead atoms. The maximum Gasteiger partial charge on any atom is 0.229 e. The largest absolute Gasteiger partial charge is 0.506 e. The molecule has 0 aliphatic heterocycles. The van der Waals surface area contributed by atoms with Crippen LogP contribution in [0.3, 0.4) is 0 Å². The van der Waals surface area contributed by atoms with E-state index in [0.717, 1.165) is 21.5 Å². The Balaban J connectivity index is 0.000000182. The summed E-state index contributed by atoms with van der Waals surface area (Å²) in [6, 6.07) is 23.7. The van der Waals surface area contributed by atoms with Crippen LogP contribution in [0.15, 0.2) is 117 Å². The molecule has 0 unspecified atom stereocenters.